The summed E-state index contributed by atoms with van der Waals surface area (Å²) in [6.07, 6.45) is 3.20. The highest BCUT2D eigenvalue weighted by Crippen LogP contribution is 2.27. The van der Waals surface area contributed by atoms with Gasteiger partial charge in [-0.3, -0.25) is 4.79 Å². The number of hydrogen-bond donors (Lipinski definition) is 1. The Labute approximate surface area is 159 Å². The van der Waals surface area contributed by atoms with E-state index in [0.29, 0.717) is 30.5 Å². The van der Waals surface area contributed by atoms with Gasteiger partial charge >= 0.3 is 0 Å². The standard InChI is InChI=1S/C19H24N2O5S/c1-14-7-9-21(10-8-14)27(23,24)16-5-6-18(25-2)17(12-16)19(22)20-13-15-4-3-11-26-15/h3-6,11-12,14H,7-10,13H2,1-2H3,(H,20,22). The minimum atomic E-state index is -3.65. The van der Waals surface area contributed by atoms with Crippen molar-refractivity contribution >= 4 is 15.9 Å². The summed E-state index contributed by atoms with van der Waals surface area (Å²) in [5, 5.41) is 2.72. The van der Waals surface area contributed by atoms with Crippen molar-refractivity contribution in [3.63, 3.8) is 0 Å². The molecule has 0 bridgehead atoms. The number of furan rings is 1. The lowest BCUT2D eigenvalue weighted by atomic mass is 10.0. The average molecular weight is 392 g/mol. The van der Waals surface area contributed by atoms with E-state index in [2.05, 4.69) is 12.2 Å². The molecule has 2 heterocycles. The SMILES string of the molecule is COc1ccc(S(=O)(=O)N2CCC(C)CC2)cc1C(=O)NCc1ccco1. The summed E-state index contributed by atoms with van der Waals surface area (Å²) in [6.45, 7) is 3.32. The average Bonchev–Trinajstić information content (AvgIpc) is 3.19. The van der Waals surface area contributed by atoms with Crippen molar-refractivity contribution in [1.29, 1.82) is 0 Å². The Morgan fingerprint density at radius 1 is 1.30 bits per heavy atom. The Bertz CT molecular complexity index is 885. The van der Waals surface area contributed by atoms with E-state index >= 15 is 0 Å². The van der Waals surface area contributed by atoms with Crippen molar-refractivity contribution in [2.45, 2.75) is 31.2 Å². The van der Waals surface area contributed by atoms with Crippen LogP contribution in [0.1, 0.15) is 35.9 Å². The molecule has 1 aliphatic heterocycles. The molecule has 27 heavy (non-hydrogen) atoms. The molecule has 0 radical (unpaired) electrons. The number of nitrogens with one attached hydrogen (secondary N) is 1. The maximum atomic E-state index is 13.0. The molecule has 0 unspecified atom stereocenters. The van der Waals surface area contributed by atoms with Gasteiger partial charge in [0.25, 0.3) is 5.91 Å². The second-order valence-electron chi connectivity index (χ2n) is 6.71. The largest absolute Gasteiger partial charge is 0.496 e. The van der Waals surface area contributed by atoms with E-state index in [1.807, 2.05) is 0 Å². The number of sulfonamides is 1. The molecule has 1 N–H and O–H groups in total. The van der Waals surface area contributed by atoms with Gasteiger partial charge < -0.3 is 14.5 Å². The highest BCUT2D eigenvalue weighted by molar-refractivity contribution is 7.89. The predicted octanol–water partition coefficient (Wildman–Crippen LogP) is 2.64. The third-order valence-corrected chi connectivity index (χ3v) is 6.69. The Hall–Kier alpha value is -2.32. The highest BCUT2D eigenvalue weighted by Gasteiger charge is 2.29. The Kier molecular flexibility index (Phi) is 5.86. The van der Waals surface area contributed by atoms with Crippen LogP contribution in [0.3, 0.4) is 0 Å². The molecule has 1 saturated heterocycles. The molecule has 1 aliphatic rings. The summed E-state index contributed by atoms with van der Waals surface area (Å²) in [4.78, 5) is 12.7. The molecule has 7 nitrogen and oxygen atoms in total. The van der Waals surface area contributed by atoms with E-state index in [9.17, 15) is 13.2 Å². The molecule has 1 aromatic heterocycles. The van der Waals surface area contributed by atoms with Gasteiger partial charge in [0.15, 0.2) is 0 Å². The van der Waals surface area contributed by atoms with E-state index in [4.69, 9.17) is 9.15 Å². The highest BCUT2D eigenvalue weighted by atomic mass is 32.2. The number of carbonyl (C=O) groups is 1. The Balaban J connectivity index is 1.83. The van der Waals surface area contributed by atoms with Crippen LogP contribution in [-0.4, -0.2) is 38.8 Å². The summed E-state index contributed by atoms with van der Waals surface area (Å²) in [6, 6.07) is 7.85. The molecule has 1 aromatic carbocycles. The minimum Gasteiger partial charge on any atom is -0.496 e. The van der Waals surface area contributed by atoms with E-state index in [0.717, 1.165) is 12.8 Å². The van der Waals surface area contributed by atoms with Crippen LogP contribution in [-0.2, 0) is 16.6 Å². The number of methoxy groups -OCH3 is 1. The van der Waals surface area contributed by atoms with Gasteiger partial charge in [-0.25, -0.2) is 8.42 Å². The monoisotopic (exact) mass is 392 g/mol. The van der Waals surface area contributed by atoms with Gasteiger partial charge in [0.1, 0.15) is 11.5 Å². The van der Waals surface area contributed by atoms with E-state index in [1.54, 1.807) is 12.1 Å². The number of rotatable bonds is 6. The van der Waals surface area contributed by atoms with Crippen molar-refractivity contribution in [2.24, 2.45) is 5.92 Å². The maximum Gasteiger partial charge on any atom is 0.255 e. The molecular weight excluding hydrogens is 368 g/mol. The number of benzene rings is 1. The number of hydrogen-bond acceptors (Lipinski definition) is 5. The van der Waals surface area contributed by atoms with Crippen molar-refractivity contribution in [1.82, 2.24) is 9.62 Å². The summed E-state index contributed by atoms with van der Waals surface area (Å²) >= 11 is 0. The zero-order valence-corrected chi connectivity index (χ0v) is 16.3. The second-order valence-corrected chi connectivity index (χ2v) is 8.65. The molecule has 1 amide bonds. The summed E-state index contributed by atoms with van der Waals surface area (Å²) in [5.74, 6) is 1.02. The van der Waals surface area contributed by atoms with Crippen LogP contribution in [0.4, 0.5) is 0 Å². The lowest BCUT2D eigenvalue weighted by Crippen LogP contribution is -2.38. The summed E-state index contributed by atoms with van der Waals surface area (Å²) < 4.78 is 37.8. The topological polar surface area (TPSA) is 88.9 Å². The Morgan fingerprint density at radius 2 is 2.04 bits per heavy atom. The Morgan fingerprint density at radius 3 is 2.67 bits per heavy atom. The first kappa shape index (κ1) is 19.4. The van der Waals surface area contributed by atoms with E-state index < -0.39 is 15.9 Å². The molecule has 0 atom stereocenters. The molecular formula is C19H24N2O5S. The van der Waals surface area contributed by atoms with Crippen LogP contribution in [0.25, 0.3) is 0 Å². The van der Waals surface area contributed by atoms with E-state index in [-0.39, 0.29) is 17.0 Å². The molecule has 8 heteroatoms. The van der Waals surface area contributed by atoms with Crippen LogP contribution in [0.5, 0.6) is 5.75 Å². The molecule has 146 valence electrons. The quantitative estimate of drug-likeness (QED) is 0.816. The first-order valence-corrected chi connectivity index (χ1v) is 10.3. The molecule has 0 saturated carbocycles. The molecule has 0 aliphatic carbocycles. The fraction of sp³-hybridized carbons (Fsp3) is 0.421. The van der Waals surface area contributed by atoms with Crippen molar-refractivity contribution in [3.05, 3.63) is 47.9 Å². The number of amides is 1. The van der Waals surface area contributed by atoms with Gasteiger partial charge in [-0.1, -0.05) is 6.92 Å². The lowest BCUT2D eigenvalue weighted by molar-refractivity contribution is 0.0944. The van der Waals surface area contributed by atoms with Gasteiger partial charge in [-0.15, -0.1) is 0 Å². The molecule has 3 rings (SSSR count). The smallest absolute Gasteiger partial charge is 0.255 e. The van der Waals surface area contributed by atoms with E-state index in [1.165, 1.54) is 35.9 Å². The molecule has 0 spiro atoms. The van der Waals surface area contributed by atoms with Crippen LogP contribution in [0.15, 0.2) is 45.9 Å². The van der Waals surface area contributed by atoms with Gasteiger partial charge in [0.05, 0.1) is 30.4 Å². The molecule has 1 fully saturated rings. The van der Waals surface area contributed by atoms with Crippen LogP contribution >= 0.6 is 0 Å². The lowest BCUT2D eigenvalue weighted by Gasteiger charge is -2.29. The van der Waals surface area contributed by atoms with Crippen LogP contribution < -0.4 is 10.1 Å². The number of carbonyl (C=O) groups excluding carboxylic acids is 1. The van der Waals surface area contributed by atoms with Gasteiger partial charge in [0, 0.05) is 13.1 Å². The number of nitrogens with zero attached hydrogens (tertiary/aromatic N) is 1. The summed E-state index contributed by atoms with van der Waals surface area (Å²) in [5.41, 5.74) is 0.176. The van der Waals surface area contributed by atoms with Gasteiger partial charge in [-0.2, -0.15) is 4.31 Å². The fourth-order valence-electron chi connectivity index (χ4n) is 3.08. The van der Waals surface area contributed by atoms with Crippen molar-refractivity contribution in [2.75, 3.05) is 20.2 Å². The molecule has 2 aromatic rings. The zero-order valence-electron chi connectivity index (χ0n) is 15.5. The third-order valence-electron chi connectivity index (χ3n) is 4.80. The first-order chi connectivity index (χ1) is 12.9. The number of ether oxygens (including phenoxy) is 1. The second kappa shape index (κ2) is 8.14. The maximum absolute atomic E-state index is 13.0. The van der Waals surface area contributed by atoms with Crippen molar-refractivity contribution in [3.8, 4) is 5.75 Å². The van der Waals surface area contributed by atoms with Crippen LogP contribution in [0.2, 0.25) is 0 Å². The normalized spacial score (nSPS) is 16.2. The van der Waals surface area contributed by atoms with Gasteiger partial charge in [-0.05, 0) is 49.1 Å². The zero-order chi connectivity index (χ0) is 19.4. The predicted molar refractivity (Wildman–Crippen MR) is 100 cm³/mol. The first-order valence-electron chi connectivity index (χ1n) is 8.90. The van der Waals surface area contributed by atoms with Crippen molar-refractivity contribution < 1.29 is 22.4 Å². The minimum absolute atomic E-state index is 0.0981. The van der Waals surface area contributed by atoms with Gasteiger partial charge in [0.2, 0.25) is 10.0 Å². The fourth-order valence-corrected chi connectivity index (χ4v) is 4.57. The van der Waals surface area contributed by atoms with Crippen LogP contribution in [0, 0.1) is 5.92 Å². The summed E-state index contributed by atoms with van der Waals surface area (Å²) in [7, 11) is -2.20. The third kappa shape index (κ3) is 4.33. The number of piperidine rings is 1.